The molecule has 7 nitrogen and oxygen atoms in total. The minimum atomic E-state index is -0.724. The molecule has 0 radical (unpaired) electrons. The molecule has 0 bridgehead atoms. The molecule has 1 heterocycles. The van der Waals surface area contributed by atoms with Gasteiger partial charge in [0.1, 0.15) is 18.2 Å². The van der Waals surface area contributed by atoms with Gasteiger partial charge in [0.25, 0.3) is 5.91 Å². The largest absolute Gasteiger partial charge is 0.494 e. The average Bonchev–Trinajstić information content (AvgIpc) is 3.07. The van der Waals surface area contributed by atoms with E-state index in [1.807, 2.05) is 0 Å². The molecule has 1 aliphatic rings. The first-order chi connectivity index (χ1) is 12.9. The number of nitrogens with one attached hydrogen (secondary N) is 3. The van der Waals surface area contributed by atoms with Gasteiger partial charge in [-0.05, 0) is 24.3 Å². The van der Waals surface area contributed by atoms with Crippen molar-refractivity contribution in [1.29, 1.82) is 0 Å². The van der Waals surface area contributed by atoms with E-state index >= 15 is 0 Å². The fraction of sp³-hybridized carbons (Fsp3) is 0.222. The molecule has 2 aromatic carbocycles. The van der Waals surface area contributed by atoms with Crippen LogP contribution in [0, 0.1) is 11.6 Å². The van der Waals surface area contributed by atoms with Crippen LogP contribution < -0.4 is 25.4 Å². The number of halogens is 2. The molecule has 9 heteroatoms. The van der Waals surface area contributed by atoms with Crippen LogP contribution in [-0.2, 0) is 0 Å². The number of rotatable bonds is 4. The molecule has 142 valence electrons. The topological polar surface area (TPSA) is 88.7 Å². The van der Waals surface area contributed by atoms with Crippen LogP contribution in [0.15, 0.2) is 30.3 Å². The minimum Gasteiger partial charge on any atom is -0.494 e. The van der Waals surface area contributed by atoms with E-state index in [0.717, 1.165) is 12.1 Å². The van der Waals surface area contributed by atoms with Gasteiger partial charge in [0.15, 0.2) is 11.6 Å². The zero-order valence-electron chi connectivity index (χ0n) is 14.6. The highest BCUT2D eigenvalue weighted by molar-refractivity contribution is 6.06. The second-order valence-corrected chi connectivity index (χ2v) is 5.73. The molecule has 0 fully saturated rings. The molecule has 0 aromatic heterocycles. The third-order valence-electron chi connectivity index (χ3n) is 4.07. The Morgan fingerprint density at radius 2 is 1.93 bits per heavy atom. The number of fused-ring (bicyclic) bond motifs is 1. The normalized spacial score (nSPS) is 14.7. The summed E-state index contributed by atoms with van der Waals surface area (Å²) in [6.07, 6.45) is 0. The van der Waals surface area contributed by atoms with E-state index in [1.54, 1.807) is 0 Å². The van der Waals surface area contributed by atoms with Gasteiger partial charge in [-0.15, -0.1) is 0 Å². The quantitative estimate of drug-likeness (QED) is 0.764. The lowest BCUT2D eigenvalue weighted by atomic mass is 10.0. The summed E-state index contributed by atoms with van der Waals surface area (Å²) in [6, 6.07) is 5.05. The molecule has 3 N–H and O–H groups in total. The monoisotopic (exact) mass is 377 g/mol. The van der Waals surface area contributed by atoms with Crippen molar-refractivity contribution in [3.63, 3.8) is 0 Å². The highest BCUT2D eigenvalue weighted by atomic mass is 19.1. The smallest absolute Gasteiger partial charge is 0.315 e. The van der Waals surface area contributed by atoms with Crippen LogP contribution in [0.25, 0.3) is 0 Å². The number of carbonyl (C=O) groups is 2. The third kappa shape index (κ3) is 3.62. The molecule has 3 rings (SSSR count). The van der Waals surface area contributed by atoms with Gasteiger partial charge in [-0.25, -0.2) is 13.6 Å². The second-order valence-electron chi connectivity index (χ2n) is 5.73. The number of carbonyl (C=O) groups excluding carboxylic acids is 2. The van der Waals surface area contributed by atoms with Crippen molar-refractivity contribution in [2.24, 2.45) is 0 Å². The van der Waals surface area contributed by atoms with E-state index in [0.29, 0.717) is 5.69 Å². The van der Waals surface area contributed by atoms with Crippen LogP contribution in [0.5, 0.6) is 11.5 Å². The van der Waals surface area contributed by atoms with Crippen molar-refractivity contribution >= 4 is 17.6 Å². The number of hydrogen-bond acceptors (Lipinski definition) is 4. The van der Waals surface area contributed by atoms with Crippen LogP contribution in [0.3, 0.4) is 0 Å². The van der Waals surface area contributed by atoms with Crippen LogP contribution in [0.4, 0.5) is 19.3 Å². The van der Waals surface area contributed by atoms with Gasteiger partial charge < -0.3 is 25.4 Å². The minimum absolute atomic E-state index is 0.00562. The van der Waals surface area contributed by atoms with E-state index in [2.05, 4.69) is 16.0 Å². The summed E-state index contributed by atoms with van der Waals surface area (Å²) >= 11 is 0. The predicted molar refractivity (Wildman–Crippen MR) is 93.1 cm³/mol. The van der Waals surface area contributed by atoms with Crippen molar-refractivity contribution < 1.29 is 27.8 Å². The lowest BCUT2D eigenvalue weighted by molar-refractivity contribution is 0.102. The zero-order valence-corrected chi connectivity index (χ0v) is 14.6. The summed E-state index contributed by atoms with van der Waals surface area (Å²) in [5.74, 6) is -1.69. The maximum Gasteiger partial charge on any atom is 0.315 e. The van der Waals surface area contributed by atoms with Crippen LogP contribution in [-0.4, -0.2) is 32.7 Å². The molecule has 1 atom stereocenters. The number of methoxy groups -OCH3 is 1. The standard InChI is InChI=1S/C18H17F2N3O4/c1-21-18(25)23-13-8-27-16-10(4-6-12(20)15(13)16)17(24)22-9-3-5-11(19)14(7-9)26-2/h3-7,13H,8H2,1-2H3,(H,22,24)(H2,21,23,25). The average molecular weight is 377 g/mol. The number of benzene rings is 2. The van der Waals surface area contributed by atoms with Crippen molar-refractivity contribution in [3.8, 4) is 11.5 Å². The summed E-state index contributed by atoms with van der Waals surface area (Å²) in [5.41, 5.74) is 0.494. The highest BCUT2D eigenvalue weighted by Gasteiger charge is 2.33. The van der Waals surface area contributed by atoms with Gasteiger partial charge >= 0.3 is 6.03 Å². The Kier molecular flexibility index (Phi) is 5.11. The highest BCUT2D eigenvalue weighted by Crippen LogP contribution is 2.38. The van der Waals surface area contributed by atoms with Crippen LogP contribution in [0.1, 0.15) is 22.0 Å². The van der Waals surface area contributed by atoms with E-state index in [1.165, 1.54) is 32.4 Å². The molecular formula is C18H17F2N3O4. The first-order valence-electron chi connectivity index (χ1n) is 8.03. The fourth-order valence-corrected chi connectivity index (χ4v) is 2.76. The number of ether oxygens (including phenoxy) is 2. The maximum absolute atomic E-state index is 14.3. The first-order valence-corrected chi connectivity index (χ1v) is 8.03. The Morgan fingerprint density at radius 1 is 1.19 bits per heavy atom. The summed E-state index contributed by atoms with van der Waals surface area (Å²) in [4.78, 5) is 24.1. The first kappa shape index (κ1) is 18.4. The molecule has 3 amide bonds. The lowest BCUT2D eigenvalue weighted by Gasteiger charge is -2.13. The number of anilines is 1. The Balaban J connectivity index is 1.88. The second kappa shape index (κ2) is 7.48. The van der Waals surface area contributed by atoms with Gasteiger partial charge in [0.2, 0.25) is 0 Å². The van der Waals surface area contributed by atoms with Crippen molar-refractivity contribution in [2.75, 3.05) is 26.1 Å². The Labute approximate surface area is 153 Å². The Bertz CT molecular complexity index is 904. The third-order valence-corrected chi connectivity index (χ3v) is 4.07. The fourth-order valence-electron chi connectivity index (χ4n) is 2.76. The van der Waals surface area contributed by atoms with Crippen molar-refractivity contribution in [3.05, 3.63) is 53.1 Å². The van der Waals surface area contributed by atoms with Gasteiger partial charge in [0.05, 0.1) is 24.3 Å². The molecule has 1 unspecified atom stereocenters. The van der Waals surface area contributed by atoms with Gasteiger partial charge in [-0.1, -0.05) is 0 Å². The molecule has 27 heavy (non-hydrogen) atoms. The molecule has 0 saturated heterocycles. The summed E-state index contributed by atoms with van der Waals surface area (Å²) in [5, 5.41) is 7.52. The van der Waals surface area contributed by atoms with Gasteiger partial charge in [-0.2, -0.15) is 0 Å². The Morgan fingerprint density at radius 3 is 2.63 bits per heavy atom. The van der Waals surface area contributed by atoms with E-state index in [9.17, 15) is 18.4 Å². The van der Waals surface area contributed by atoms with E-state index in [-0.39, 0.29) is 29.2 Å². The number of hydrogen-bond donors (Lipinski definition) is 3. The maximum atomic E-state index is 14.3. The summed E-state index contributed by atoms with van der Waals surface area (Å²) in [7, 11) is 2.74. The van der Waals surface area contributed by atoms with Crippen molar-refractivity contribution in [2.45, 2.75) is 6.04 Å². The number of amides is 3. The summed E-state index contributed by atoms with van der Waals surface area (Å²) in [6.45, 7) is -0.00562. The van der Waals surface area contributed by atoms with Crippen LogP contribution >= 0.6 is 0 Å². The SMILES string of the molecule is CNC(=O)NC1COc2c(C(=O)Nc3ccc(F)c(OC)c3)ccc(F)c21. The number of urea groups is 1. The van der Waals surface area contributed by atoms with Gasteiger partial charge in [0, 0.05) is 18.8 Å². The molecule has 1 aliphatic heterocycles. The molecular weight excluding hydrogens is 360 g/mol. The molecule has 0 saturated carbocycles. The van der Waals surface area contributed by atoms with Crippen LogP contribution in [0.2, 0.25) is 0 Å². The lowest BCUT2D eigenvalue weighted by Crippen LogP contribution is -2.36. The van der Waals surface area contributed by atoms with E-state index in [4.69, 9.17) is 9.47 Å². The molecule has 0 spiro atoms. The van der Waals surface area contributed by atoms with E-state index < -0.39 is 29.6 Å². The molecule has 0 aliphatic carbocycles. The summed E-state index contributed by atoms with van der Waals surface area (Å²) < 4.78 is 38.1. The Hall–Kier alpha value is -3.36. The van der Waals surface area contributed by atoms with Crippen molar-refractivity contribution in [1.82, 2.24) is 10.6 Å². The van der Waals surface area contributed by atoms with Gasteiger partial charge in [-0.3, -0.25) is 4.79 Å². The molecule has 2 aromatic rings. The predicted octanol–water partition coefficient (Wildman–Crippen LogP) is 2.59. The zero-order chi connectivity index (χ0) is 19.6.